The second-order valence-electron chi connectivity index (χ2n) is 8.70. The van der Waals surface area contributed by atoms with Gasteiger partial charge in [-0.1, -0.05) is 66.7 Å². The summed E-state index contributed by atoms with van der Waals surface area (Å²) >= 11 is 0. The third-order valence-corrected chi connectivity index (χ3v) is 7.00. The van der Waals surface area contributed by atoms with Gasteiger partial charge in [0.2, 0.25) is 0 Å². The topological polar surface area (TPSA) is 30.2 Å². The van der Waals surface area contributed by atoms with E-state index in [4.69, 9.17) is 4.98 Å². The Morgan fingerprint density at radius 2 is 1.39 bits per heavy atom. The van der Waals surface area contributed by atoms with Gasteiger partial charge < -0.3 is 4.40 Å². The van der Waals surface area contributed by atoms with Crippen LogP contribution in [0.15, 0.2) is 103 Å². The Morgan fingerprint density at radius 3 is 2.27 bits per heavy atom. The van der Waals surface area contributed by atoms with Gasteiger partial charge in [0.1, 0.15) is 6.33 Å². The van der Waals surface area contributed by atoms with Crippen LogP contribution in [0.3, 0.4) is 0 Å². The molecule has 0 bridgehead atoms. The molecule has 152 valence electrons. The van der Waals surface area contributed by atoms with Gasteiger partial charge in [-0.15, -0.1) is 0 Å². The first kappa shape index (κ1) is 17.1. The van der Waals surface area contributed by atoms with Gasteiger partial charge in [-0.3, -0.25) is 0 Å². The molecule has 8 rings (SSSR count). The van der Waals surface area contributed by atoms with Gasteiger partial charge in [0, 0.05) is 16.2 Å². The zero-order valence-corrected chi connectivity index (χ0v) is 17.7. The van der Waals surface area contributed by atoms with Crippen LogP contribution in [0.4, 0.5) is 0 Å². The zero-order chi connectivity index (χ0) is 21.5. The van der Waals surface area contributed by atoms with E-state index >= 15 is 0 Å². The van der Waals surface area contributed by atoms with E-state index in [1.807, 2.05) is 0 Å². The first-order valence-corrected chi connectivity index (χ1v) is 11.2. The predicted molar refractivity (Wildman–Crippen MR) is 137 cm³/mol. The van der Waals surface area contributed by atoms with Crippen LogP contribution in [0.5, 0.6) is 0 Å². The van der Waals surface area contributed by atoms with Crippen molar-refractivity contribution in [2.24, 2.45) is 0 Å². The standard InChI is InChI=1S/C30H17N3/c1-2-7-18(8-3-1)21-11-6-12-25-27(21)22-13-14-24-28-29(32-17-31-24)23-15-19-9-4-5-10-20(19)16-26(23)33(25)30(22)28/h1-17H. The molecule has 0 saturated carbocycles. The van der Waals surface area contributed by atoms with Crippen molar-refractivity contribution in [3.63, 3.8) is 0 Å². The minimum atomic E-state index is 0.983. The third kappa shape index (κ3) is 2.14. The lowest BCUT2D eigenvalue weighted by atomic mass is 9.98. The average Bonchev–Trinajstić information content (AvgIpc) is 3.23. The quantitative estimate of drug-likeness (QED) is 0.203. The van der Waals surface area contributed by atoms with Crippen LogP contribution in [-0.2, 0) is 0 Å². The highest BCUT2D eigenvalue weighted by atomic mass is 14.9. The van der Waals surface area contributed by atoms with Crippen LogP contribution in [0.1, 0.15) is 0 Å². The molecule has 0 atom stereocenters. The fourth-order valence-electron chi connectivity index (χ4n) is 5.61. The molecule has 0 saturated heterocycles. The first-order chi connectivity index (χ1) is 16.4. The van der Waals surface area contributed by atoms with Crippen molar-refractivity contribution in [2.45, 2.75) is 0 Å². The molecular weight excluding hydrogens is 402 g/mol. The number of benzene rings is 5. The second kappa shape index (κ2) is 6.05. The predicted octanol–water partition coefficient (Wildman–Crippen LogP) is 7.60. The van der Waals surface area contributed by atoms with Crippen molar-refractivity contribution < 1.29 is 0 Å². The Hall–Kier alpha value is -4.50. The SMILES string of the molecule is c1ccc(-c2cccc3c2c2ccc4ncnc5c6cc7ccccc7cc6n3c2c45)cc1. The van der Waals surface area contributed by atoms with E-state index < -0.39 is 0 Å². The summed E-state index contributed by atoms with van der Waals surface area (Å²) in [5.74, 6) is 0. The maximum Gasteiger partial charge on any atom is 0.116 e. The van der Waals surface area contributed by atoms with E-state index in [9.17, 15) is 0 Å². The number of pyridine rings is 1. The molecule has 0 aliphatic carbocycles. The Morgan fingerprint density at radius 1 is 0.576 bits per heavy atom. The highest BCUT2D eigenvalue weighted by molar-refractivity contribution is 6.29. The van der Waals surface area contributed by atoms with Gasteiger partial charge >= 0.3 is 0 Å². The van der Waals surface area contributed by atoms with Crippen molar-refractivity contribution in [3.05, 3.63) is 103 Å². The maximum absolute atomic E-state index is 4.79. The van der Waals surface area contributed by atoms with Gasteiger partial charge in [-0.25, -0.2) is 9.97 Å². The largest absolute Gasteiger partial charge is 0.308 e. The molecule has 3 heteroatoms. The summed E-state index contributed by atoms with van der Waals surface area (Å²) in [5.41, 5.74) is 8.06. The summed E-state index contributed by atoms with van der Waals surface area (Å²) in [7, 11) is 0. The second-order valence-corrected chi connectivity index (χ2v) is 8.70. The number of rotatable bonds is 1. The molecule has 3 nitrogen and oxygen atoms in total. The van der Waals surface area contributed by atoms with Crippen LogP contribution < -0.4 is 0 Å². The van der Waals surface area contributed by atoms with Crippen LogP contribution in [0.25, 0.3) is 71.0 Å². The van der Waals surface area contributed by atoms with Gasteiger partial charge in [-0.05, 0) is 52.2 Å². The molecule has 0 radical (unpaired) electrons. The summed E-state index contributed by atoms with van der Waals surface area (Å²) in [6.07, 6.45) is 1.69. The molecule has 0 N–H and O–H groups in total. The lowest BCUT2D eigenvalue weighted by Gasteiger charge is -2.12. The fraction of sp³-hybridized carbons (Fsp3) is 0. The van der Waals surface area contributed by atoms with E-state index in [0.717, 1.165) is 21.8 Å². The molecule has 3 heterocycles. The van der Waals surface area contributed by atoms with Crippen LogP contribution >= 0.6 is 0 Å². The average molecular weight is 419 g/mol. The molecule has 5 aromatic carbocycles. The zero-order valence-electron chi connectivity index (χ0n) is 17.7. The molecule has 0 aliphatic rings. The minimum Gasteiger partial charge on any atom is -0.308 e. The van der Waals surface area contributed by atoms with Crippen molar-refractivity contribution in [1.82, 2.24) is 14.4 Å². The molecule has 3 aromatic heterocycles. The van der Waals surface area contributed by atoms with E-state index in [-0.39, 0.29) is 0 Å². The Kier molecular flexibility index (Phi) is 3.14. The molecule has 33 heavy (non-hydrogen) atoms. The highest BCUT2D eigenvalue weighted by Crippen LogP contribution is 2.43. The summed E-state index contributed by atoms with van der Waals surface area (Å²) in [6, 6.07) is 34.8. The van der Waals surface area contributed by atoms with Crippen molar-refractivity contribution in [2.75, 3.05) is 0 Å². The number of aromatic nitrogens is 3. The summed E-state index contributed by atoms with van der Waals surface area (Å²) in [5, 5.41) is 7.26. The van der Waals surface area contributed by atoms with Crippen LogP contribution in [-0.4, -0.2) is 14.4 Å². The Balaban J connectivity index is 1.72. The van der Waals surface area contributed by atoms with Crippen molar-refractivity contribution in [3.8, 4) is 11.1 Å². The fourth-order valence-corrected chi connectivity index (χ4v) is 5.61. The molecule has 0 unspecified atom stereocenters. The monoisotopic (exact) mass is 419 g/mol. The van der Waals surface area contributed by atoms with E-state index in [1.165, 1.54) is 49.2 Å². The molecule has 0 fully saturated rings. The Bertz CT molecular complexity index is 2020. The number of hydrogen-bond donors (Lipinski definition) is 0. The molecule has 0 spiro atoms. The maximum atomic E-state index is 4.79. The van der Waals surface area contributed by atoms with Crippen molar-refractivity contribution in [1.29, 1.82) is 0 Å². The normalized spacial score (nSPS) is 12.2. The number of nitrogens with zero attached hydrogens (tertiary/aromatic N) is 3. The van der Waals surface area contributed by atoms with E-state index in [1.54, 1.807) is 6.33 Å². The van der Waals surface area contributed by atoms with Gasteiger partial charge in [0.15, 0.2) is 0 Å². The smallest absolute Gasteiger partial charge is 0.116 e. The summed E-state index contributed by atoms with van der Waals surface area (Å²) in [4.78, 5) is 9.42. The summed E-state index contributed by atoms with van der Waals surface area (Å²) < 4.78 is 2.43. The Labute approximate surface area is 188 Å². The van der Waals surface area contributed by atoms with Gasteiger partial charge in [-0.2, -0.15) is 0 Å². The third-order valence-electron chi connectivity index (χ3n) is 7.00. The molecule has 8 aromatic rings. The number of hydrogen-bond acceptors (Lipinski definition) is 2. The molecule has 0 aliphatic heterocycles. The van der Waals surface area contributed by atoms with Gasteiger partial charge in [0.05, 0.1) is 33.0 Å². The molecular formula is C30H17N3. The summed E-state index contributed by atoms with van der Waals surface area (Å²) in [6.45, 7) is 0. The highest BCUT2D eigenvalue weighted by Gasteiger charge is 2.21. The van der Waals surface area contributed by atoms with E-state index in [0.29, 0.717) is 0 Å². The van der Waals surface area contributed by atoms with Crippen LogP contribution in [0, 0.1) is 0 Å². The lowest BCUT2D eigenvalue weighted by Crippen LogP contribution is -1.95. The van der Waals surface area contributed by atoms with E-state index in [2.05, 4.69) is 106 Å². The minimum absolute atomic E-state index is 0.983. The van der Waals surface area contributed by atoms with Crippen LogP contribution in [0.2, 0.25) is 0 Å². The lowest BCUT2D eigenvalue weighted by molar-refractivity contribution is 1.26. The first-order valence-electron chi connectivity index (χ1n) is 11.2. The van der Waals surface area contributed by atoms with Crippen molar-refractivity contribution >= 4 is 59.9 Å². The molecule has 0 amide bonds. The van der Waals surface area contributed by atoms with Gasteiger partial charge in [0.25, 0.3) is 0 Å². The number of fused-ring (bicyclic) bond motifs is 7.